The predicted octanol–water partition coefficient (Wildman–Crippen LogP) is 0.779. The van der Waals surface area contributed by atoms with Crippen molar-refractivity contribution < 1.29 is 14.3 Å². The van der Waals surface area contributed by atoms with Crippen molar-refractivity contribution in [1.29, 1.82) is 0 Å². The Balaban J connectivity index is 2.56. The minimum absolute atomic E-state index is 0.0398. The minimum Gasteiger partial charge on any atom is -0.465 e. The highest BCUT2D eigenvalue weighted by atomic mass is 16.5. The highest BCUT2D eigenvalue weighted by molar-refractivity contribution is 5.97. The number of hydrogen-bond acceptors (Lipinski definition) is 6. The van der Waals surface area contributed by atoms with E-state index in [9.17, 15) is 9.59 Å². The Hall–Kier alpha value is -2.31. The van der Waals surface area contributed by atoms with Crippen molar-refractivity contribution >= 4 is 23.4 Å². The van der Waals surface area contributed by atoms with Crippen LogP contribution in [0.1, 0.15) is 30.1 Å². The quantitative estimate of drug-likeness (QED) is 0.637. The number of anilines is 2. The first-order valence-corrected chi connectivity index (χ1v) is 6.43. The van der Waals surface area contributed by atoms with Crippen molar-refractivity contribution in [3.63, 3.8) is 0 Å². The average Bonchev–Trinajstić information content (AvgIpc) is 2.46. The van der Waals surface area contributed by atoms with E-state index in [-0.39, 0.29) is 17.2 Å². The Morgan fingerprint density at radius 3 is 2.80 bits per heavy atom. The Morgan fingerprint density at radius 1 is 1.40 bits per heavy atom. The summed E-state index contributed by atoms with van der Waals surface area (Å²) in [6.45, 7) is 3.04. The predicted molar refractivity (Wildman–Crippen MR) is 76.4 cm³/mol. The lowest BCUT2D eigenvalue weighted by molar-refractivity contribution is -0.120. The van der Waals surface area contributed by atoms with E-state index in [2.05, 4.69) is 20.4 Å². The number of esters is 1. The van der Waals surface area contributed by atoms with E-state index in [0.717, 1.165) is 6.42 Å². The molecular formula is C13H20N4O3. The van der Waals surface area contributed by atoms with Crippen LogP contribution in [0.2, 0.25) is 0 Å². The largest absolute Gasteiger partial charge is 0.465 e. The Morgan fingerprint density at radius 2 is 2.15 bits per heavy atom. The Bertz CT molecular complexity index is 477. The van der Waals surface area contributed by atoms with Crippen LogP contribution < -0.4 is 16.4 Å². The molecule has 7 nitrogen and oxygen atoms in total. The lowest BCUT2D eigenvalue weighted by atomic mass is 10.2. The zero-order valence-electron chi connectivity index (χ0n) is 11.7. The molecule has 0 radical (unpaired) electrons. The number of nitrogen functional groups attached to an aromatic ring is 1. The van der Waals surface area contributed by atoms with Gasteiger partial charge in [-0.15, -0.1) is 0 Å². The summed E-state index contributed by atoms with van der Waals surface area (Å²) in [7, 11) is 1.29. The van der Waals surface area contributed by atoms with E-state index < -0.39 is 5.97 Å². The molecule has 0 atom stereocenters. The summed E-state index contributed by atoms with van der Waals surface area (Å²) in [5, 5.41) is 5.70. The lowest BCUT2D eigenvalue weighted by Crippen LogP contribution is -2.26. The van der Waals surface area contributed by atoms with Crippen molar-refractivity contribution in [3.8, 4) is 0 Å². The third-order valence-electron chi connectivity index (χ3n) is 2.61. The standard InChI is InChI=1S/C13H20N4O3/c1-3-6-15-10(18)5-8-17-12-11(14)9(4-7-16-12)13(19)20-2/h4,7H,3,5-6,8,14H2,1-2H3,(H,15,18)(H,16,17). The number of aromatic nitrogens is 1. The first kappa shape index (κ1) is 15.7. The van der Waals surface area contributed by atoms with Crippen LogP contribution in [0.15, 0.2) is 12.3 Å². The van der Waals surface area contributed by atoms with Crippen LogP contribution in [-0.4, -0.2) is 37.1 Å². The highest BCUT2D eigenvalue weighted by Gasteiger charge is 2.13. The van der Waals surface area contributed by atoms with Crippen molar-refractivity contribution in [2.45, 2.75) is 19.8 Å². The van der Waals surface area contributed by atoms with Crippen molar-refractivity contribution in [2.24, 2.45) is 0 Å². The molecular weight excluding hydrogens is 260 g/mol. The fourth-order valence-corrected chi connectivity index (χ4v) is 1.55. The summed E-state index contributed by atoms with van der Waals surface area (Å²) in [5.41, 5.74) is 6.30. The van der Waals surface area contributed by atoms with Gasteiger partial charge >= 0.3 is 5.97 Å². The normalized spacial score (nSPS) is 9.90. The summed E-state index contributed by atoms with van der Waals surface area (Å²) in [4.78, 5) is 26.9. The number of ether oxygens (including phenoxy) is 1. The van der Waals surface area contributed by atoms with Crippen LogP contribution in [0, 0.1) is 0 Å². The number of hydrogen-bond donors (Lipinski definition) is 3. The topological polar surface area (TPSA) is 106 Å². The van der Waals surface area contributed by atoms with Gasteiger partial charge in [0.05, 0.1) is 18.4 Å². The molecule has 0 spiro atoms. The smallest absolute Gasteiger partial charge is 0.340 e. The SMILES string of the molecule is CCCNC(=O)CCNc1nccc(C(=O)OC)c1N. The van der Waals surface area contributed by atoms with Gasteiger partial charge in [0.15, 0.2) is 0 Å². The monoisotopic (exact) mass is 280 g/mol. The molecule has 0 aliphatic rings. The molecule has 0 fully saturated rings. The maximum atomic E-state index is 11.5. The molecule has 0 saturated carbocycles. The summed E-state index contributed by atoms with van der Waals surface area (Å²) in [6, 6.07) is 1.49. The van der Waals surface area contributed by atoms with Crippen LogP contribution in [0.25, 0.3) is 0 Å². The van der Waals surface area contributed by atoms with Gasteiger partial charge in [0.1, 0.15) is 5.82 Å². The van der Waals surface area contributed by atoms with Gasteiger partial charge in [-0.3, -0.25) is 4.79 Å². The lowest BCUT2D eigenvalue weighted by Gasteiger charge is -2.10. The second-order valence-electron chi connectivity index (χ2n) is 4.14. The molecule has 0 bridgehead atoms. The number of nitrogens with two attached hydrogens (primary N) is 1. The minimum atomic E-state index is -0.520. The molecule has 1 rings (SSSR count). The summed E-state index contributed by atoms with van der Waals surface area (Å²) in [6.07, 6.45) is 2.67. The van der Waals surface area contributed by atoms with E-state index in [1.165, 1.54) is 19.4 Å². The molecule has 1 amide bonds. The molecule has 20 heavy (non-hydrogen) atoms. The van der Waals surface area contributed by atoms with Gasteiger partial charge in [0.2, 0.25) is 5.91 Å². The van der Waals surface area contributed by atoms with E-state index in [0.29, 0.717) is 25.3 Å². The molecule has 1 heterocycles. The first-order valence-electron chi connectivity index (χ1n) is 6.43. The van der Waals surface area contributed by atoms with Crippen LogP contribution in [0.5, 0.6) is 0 Å². The summed E-state index contributed by atoms with van der Waals surface area (Å²) < 4.78 is 4.62. The van der Waals surface area contributed by atoms with Crippen LogP contribution in [-0.2, 0) is 9.53 Å². The summed E-state index contributed by atoms with van der Waals surface area (Å²) >= 11 is 0. The van der Waals surface area contributed by atoms with E-state index in [1.54, 1.807) is 0 Å². The second-order valence-corrected chi connectivity index (χ2v) is 4.14. The zero-order valence-corrected chi connectivity index (χ0v) is 11.7. The number of carbonyl (C=O) groups is 2. The first-order chi connectivity index (χ1) is 9.60. The van der Waals surface area contributed by atoms with Crippen molar-refractivity contribution in [2.75, 3.05) is 31.2 Å². The van der Waals surface area contributed by atoms with Gasteiger partial charge in [0.25, 0.3) is 0 Å². The van der Waals surface area contributed by atoms with Gasteiger partial charge in [-0.2, -0.15) is 0 Å². The molecule has 0 unspecified atom stereocenters. The molecule has 0 aromatic carbocycles. The van der Waals surface area contributed by atoms with Crippen LogP contribution >= 0.6 is 0 Å². The van der Waals surface area contributed by atoms with Gasteiger partial charge in [0, 0.05) is 25.7 Å². The van der Waals surface area contributed by atoms with E-state index in [1.807, 2.05) is 6.92 Å². The number of nitrogens with one attached hydrogen (secondary N) is 2. The molecule has 0 aliphatic heterocycles. The van der Waals surface area contributed by atoms with E-state index >= 15 is 0 Å². The number of rotatable bonds is 7. The fourth-order valence-electron chi connectivity index (χ4n) is 1.55. The van der Waals surface area contributed by atoms with Crippen molar-refractivity contribution in [3.05, 3.63) is 17.8 Å². The van der Waals surface area contributed by atoms with Gasteiger partial charge in [-0.1, -0.05) is 6.92 Å². The Labute approximate surface area is 117 Å². The van der Waals surface area contributed by atoms with E-state index in [4.69, 9.17) is 5.73 Å². The van der Waals surface area contributed by atoms with Crippen LogP contribution in [0.4, 0.5) is 11.5 Å². The number of pyridine rings is 1. The number of methoxy groups -OCH3 is 1. The van der Waals surface area contributed by atoms with Gasteiger partial charge in [-0.05, 0) is 12.5 Å². The zero-order chi connectivity index (χ0) is 15.0. The maximum Gasteiger partial charge on any atom is 0.340 e. The molecule has 1 aromatic heterocycles. The van der Waals surface area contributed by atoms with Crippen molar-refractivity contribution in [1.82, 2.24) is 10.3 Å². The van der Waals surface area contributed by atoms with Crippen LogP contribution in [0.3, 0.4) is 0 Å². The number of nitrogens with zero attached hydrogens (tertiary/aromatic N) is 1. The highest BCUT2D eigenvalue weighted by Crippen LogP contribution is 2.20. The number of amides is 1. The molecule has 0 aliphatic carbocycles. The average molecular weight is 280 g/mol. The molecule has 0 saturated heterocycles. The Kier molecular flexibility index (Phi) is 6.28. The third-order valence-corrected chi connectivity index (χ3v) is 2.61. The second kappa shape index (κ2) is 7.98. The summed E-state index contributed by atoms with van der Waals surface area (Å²) in [5.74, 6) is -0.188. The molecule has 110 valence electrons. The van der Waals surface area contributed by atoms with Gasteiger partial charge in [-0.25, -0.2) is 9.78 Å². The fraction of sp³-hybridized carbons (Fsp3) is 0.462. The molecule has 1 aromatic rings. The maximum absolute atomic E-state index is 11.5. The molecule has 4 N–H and O–H groups in total. The van der Waals surface area contributed by atoms with Gasteiger partial charge < -0.3 is 21.1 Å². The number of carbonyl (C=O) groups excluding carboxylic acids is 2. The molecule has 7 heteroatoms. The third kappa shape index (κ3) is 4.42.